The number of anilines is 1. The van der Waals surface area contributed by atoms with Gasteiger partial charge in [0.15, 0.2) is 0 Å². The maximum absolute atomic E-state index is 10.6. The van der Waals surface area contributed by atoms with Gasteiger partial charge in [-0.15, -0.1) is 0 Å². The van der Waals surface area contributed by atoms with Gasteiger partial charge in [-0.3, -0.25) is 5.41 Å². The molecule has 0 aliphatic carbocycles. The first-order valence-electron chi connectivity index (χ1n) is 8.65. The van der Waals surface area contributed by atoms with Crippen LogP contribution in [0, 0.1) is 26.2 Å². The van der Waals surface area contributed by atoms with Crippen LogP contribution in [0.25, 0.3) is 16.6 Å². The smallest absolute Gasteiger partial charge is 0.148 e. The lowest BCUT2D eigenvalue weighted by Crippen LogP contribution is -2.26. The highest BCUT2D eigenvalue weighted by atomic mass is 16.3. The predicted molar refractivity (Wildman–Crippen MR) is 106 cm³/mol. The van der Waals surface area contributed by atoms with E-state index in [1.807, 2.05) is 67.6 Å². The highest BCUT2D eigenvalue weighted by Gasteiger charge is 2.32. The summed E-state index contributed by atoms with van der Waals surface area (Å²) in [7, 11) is 1.92. The summed E-state index contributed by atoms with van der Waals surface area (Å²) < 4.78 is 1.94. The van der Waals surface area contributed by atoms with Crippen LogP contribution in [0.2, 0.25) is 0 Å². The van der Waals surface area contributed by atoms with Crippen molar-refractivity contribution in [2.75, 3.05) is 11.4 Å². The van der Waals surface area contributed by atoms with Crippen molar-refractivity contribution in [2.45, 2.75) is 20.8 Å². The van der Waals surface area contributed by atoms with Crippen LogP contribution in [0.5, 0.6) is 0 Å². The molecule has 2 heterocycles. The van der Waals surface area contributed by atoms with Gasteiger partial charge >= 0.3 is 0 Å². The summed E-state index contributed by atoms with van der Waals surface area (Å²) in [5.74, 6) is 1.09. The van der Waals surface area contributed by atoms with E-state index in [-0.39, 0.29) is 11.6 Å². The number of benzene rings is 2. The first kappa shape index (κ1) is 16.4. The lowest BCUT2D eigenvalue weighted by molar-refractivity contribution is 0.411. The summed E-state index contributed by atoms with van der Waals surface area (Å²) in [5, 5.41) is 19.3. The topological polar surface area (TPSA) is 65.1 Å². The Labute approximate surface area is 152 Å². The van der Waals surface area contributed by atoms with E-state index in [9.17, 15) is 5.11 Å². The molecule has 0 bridgehead atoms. The van der Waals surface area contributed by atoms with Crippen LogP contribution in [0.1, 0.15) is 22.5 Å². The Bertz CT molecular complexity index is 1070. The molecule has 0 saturated heterocycles. The van der Waals surface area contributed by atoms with Crippen LogP contribution in [0.4, 0.5) is 5.69 Å². The Morgan fingerprint density at radius 1 is 1.00 bits per heavy atom. The van der Waals surface area contributed by atoms with Gasteiger partial charge in [-0.25, -0.2) is 4.98 Å². The van der Waals surface area contributed by atoms with Crippen molar-refractivity contribution < 1.29 is 5.11 Å². The molecule has 0 radical (unpaired) electrons. The first-order valence-corrected chi connectivity index (χ1v) is 8.65. The standard InChI is InChI=1S/C21H22N4O/c1-12-5-6-17-16(10-12)23-21(24(17)4)19-18(26)11-25(20(19)22)15-8-13(2)7-14(3)9-15/h5-10,22,26H,11H2,1-4H3. The van der Waals surface area contributed by atoms with Crippen LogP contribution in [-0.4, -0.2) is 27.0 Å². The molecule has 26 heavy (non-hydrogen) atoms. The number of nitrogens with zero attached hydrogens (tertiary/aromatic N) is 3. The van der Waals surface area contributed by atoms with Crippen molar-refractivity contribution in [1.82, 2.24) is 9.55 Å². The van der Waals surface area contributed by atoms with Crippen molar-refractivity contribution in [2.24, 2.45) is 7.05 Å². The molecule has 0 amide bonds. The van der Waals surface area contributed by atoms with Crippen molar-refractivity contribution in [1.29, 1.82) is 5.41 Å². The van der Waals surface area contributed by atoms with E-state index in [4.69, 9.17) is 10.4 Å². The number of hydrogen-bond donors (Lipinski definition) is 2. The monoisotopic (exact) mass is 346 g/mol. The molecule has 132 valence electrons. The van der Waals surface area contributed by atoms with Crippen LogP contribution in [0.15, 0.2) is 42.2 Å². The number of amidine groups is 1. The molecular weight excluding hydrogens is 324 g/mol. The zero-order valence-electron chi connectivity index (χ0n) is 15.5. The molecule has 0 saturated carbocycles. The lowest BCUT2D eigenvalue weighted by atomic mass is 10.1. The summed E-state index contributed by atoms with van der Waals surface area (Å²) in [6.07, 6.45) is 0. The van der Waals surface area contributed by atoms with Crippen LogP contribution in [-0.2, 0) is 7.05 Å². The fraction of sp³-hybridized carbons (Fsp3) is 0.238. The van der Waals surface area contributed by atoms with Gasteiger partial charge in [0.25, 0.3) is 0 Å². The third-order valence-electron chi connectivity index (χ3n) is 4.88. The summed E-state index contributed by atoms with van der Waals surface area (Å²) >= 11 is 0. The fourth-order valence-electron chi connectivity index (χ4n) is 3.67. The molecule has 1 aromatic heterocycles. The molecule has 1 aliphatic rings. The highest BCUT2D eigenvalue weighted by Crippen LogP contribution is 2.32. The summed E-state index contributed by atoms with van der Waals surface area (Å²) in [4.78, 5) is 6.53. The number of nitrogens with one attached hydrogen (secondary N) is 1. The number of rotatable bonds is 2. The first-order chi connectivity index (χ1) is 12.3. The van der Waals surface area contributed by atoms with Crippen LogP contribution in [0.3, 0.4) is 0 Å². The maximum atomic E-state index is 10.6. The minimum absolute atomic E-state index is 0.185. The van der Waals surface area contributed by atoms with Gasteiger partial charge in [-0.05, 0) is 61.7 Å². The van der Waals surface area contributed by atoms with E-state index in [1.165, 1.54) is 0 Å². The third-order valence-corrected chi connectivity index (χ3v) is 4.88. The number of aliphatic hydroxyl groups excluding tert-OH is 1. The number of aromatic nitrogens is 2. The lowest BCUT2D eigenvalue weighted by Gasteiger charge is -2.20. The Morgan fingerprint density at radius 2 is 1.69 bits per heavy atom. The molecule has 1 aliphatic heterocycles. The third kappa shape index (κ3) is 2.47. The van der Waals surface area contributed by atoms with Gasteiger partial charge in [-0.2, -0.15) is 0 Å². The molecule has 5 heteroatoms. The molecule has 0 spiro atoms. The van der Waals surface area contributed by atoms with Gasteiger partial charge in [-0.1, -0.05) is 12.1 Å². The second kappa shape index (κ2) is 5.73. The molecular formula is C21H22N4O. The summed E-state index contributed by atoms with van der Waals surface area (Å²) in [6.45, 7) is 6.40. The van der Waals surface area contributed by atoms with Crippen LogP contribution < -0.4 is 4.90 Å². The minimum Gasteiger partial charge on any atom is -0.509 e. The van der Waals surface area contributed by atoms with Gasteiger partial charge in [0.2, 0.25) is 0 Å². The van der Waals surface area contributed by atoms with Crippen molar-refractivity contribution in [3.63, 3.8) is 0 Å². The van der Waals surface area contributed by atoms with Crippen molar-refractivity contribution >= 4 is 28.1 Å². The van der Waals surface area contributed by atoms with Crippen LogP contribution >= 0.6 is 0 Å². The quantitative estimate of drug-likeness (QED) is 0.728. The Kier molecular flexibility index (Phi) is 3.61. The molecule has 2 N–H and O–H groups in total. The van der Waals surface area contributed by atoms with Gasteiger partial charge in [0.1, 0.15) is 17.4 Å². The number of hydrogen-bond acceptors (Lipinski definition) is 3. The zero-order chi connectivity index (χ0) is 18.6. The Hall–Kier alpha value is -3.08. The highest BCUT2D eigenvalue weighted by molar-refractivity contribution is 6.30. The number of aryl methyl sites for hydroxylation is 4. The predicted octanol–water partition coefficient (Wildman–Crippen LogP) is 4.27. The molecule has 0 atom stereocenters. The maximum Gasteiger partial charge on any atom is 0.148 e. The minimum atomic E-state index is 0.185. The van der Waals surface area contributed by atoms with E-state index < -0.39 is 0 Å². The number of imidazole rings is 1. The second-order valence-corrected chi connectivity index (χ2v) is 7.09. The van der Waals surface area contributed by atoms with E-state index in [2.05, 4.69) is 6.07 Å². The van der Waals surface area contributed by atoms with Gasteiger partial charge in [0, 0.05) is 12.7 Å². The van der Waals surface area contributed by atoms with E-state index in [0.717, 1.165) is 33.4 Å². The SMILES string of the molecule is Cc1cc(C)cc(N2CC(O)=C(c3nc4cc(C)ccc4n3C)C2=N)c1. The molecule has 5 nitrogen and oxygen atoms in total. The zero-order valence-corrected chi connectivity index (χ0v) is 15.5. The molecule has 0 fully saturated rings. The van der Waals surface area contributed by atoms with Gasteiger partial charge < -0.3 is 14.6 Å². The Morgan fingerprint density at radius 3 is 2.38 bits per heavy atom. The van der Waals surface area contributed by atoms with Crippen molar-refractivity contribution in [3.05, 3.63) is 64.7 Å². The normalized spacial score (nSPS) is 14.8. The number of aliphatic hydroxyl groups is 1. The average Bonchev–Trinajstić information content (AvgIpc) is 3.03. The molecule has 3 aromatic rings. The van der Waals surface area contributed by atoms with E-state index in [1.54, 1.807) is 0 Å². The average molecular weight is 346 g/mol. The van der Waals surface area contributed by atoms with Crippen molar-refractivity contribution in [3.8, 4) is 0 Å². The molecule has 4 rings (SSSR count). The summed E-state index contributed by atoms with van der Waals surface area (Å²) in [6, 6.07) is 12.3. The fourth-order valence-corrected chi connectivity index (χ4v) is 3.67. The van der Waals surface area contributed by atoms with E-state index >= 15 is 0 Å². The summed E-state index contributed by atoms with van der Waals surface area (Å²) in [5.41, 5.74) is 6.70. The van der Waals surface area contributed by atoms with Gasteiger partial charge in [0.05, 0.1) is 23.2 Å². The van der Waals surface area contributed by atoms with E-state index in [0.29, 0.717) is 17.9 Å². The second-order valence-electron chi connectivity index (χ2n) is 7.09. The number of fused-ring (bicyclic) bond motifs is 1. The molecule has 0 unspecified atom stereocenters. The molecule has 2 aromatic carbocycles. The Balaban J connectivity index is 1.79. The largest absolute Gasteiger partial charge is 0.509 e.